The molecule has 0 unspecified atom stereocenters. The van der Waals surface area contributed by atoms with E-state index in [1.54, 1.807) is 18.2 Å². The highest BCUT2D eigenvalue weighted by Crippen LogP contribution is 2.20. The lowest BCUT2D eigenvalue weighted by molar-refractivity contribution is -0.178. The Morgan fingerprint density at radius 2 is 1.86 bits per heavy atom. The molecule has 0 N–H and O–H groups in total. The van der Waals surface area contributed by atoms with Crippen molar-refractivity contribution in [3.8, 4) is 0 Å². The smallest absolute Gasteiger partial charge is 0.305 e. The Kier molecular flexibility index (Phi) is 6.59. The largest absolute Gasteiger partial charge is 0.421 e. The van der Waals surface area contributed by atoms with Gasteiger partial charge in [0.2, 0.25) is 0 Å². The topological polar surface area (TPSA) is 52.6 Å². The van der Waals surface area contributed by atoms with Crippen LogP contribution in [0, 0.1) is 5.82 Å². The molecule has 0 aliphatic heterocycles. The van der Waals surface area contributed by atoms with Crippen molar-refractivity contribution >= 4 is 18.0 Å². The molecule has 4 nitrogen and oxygen atoms in total. The summed E-state index contributed by atoms with van der Waals surface area (Å²) >= 11 is 0. The van der Waals surface area contributed by atoms with Crippen LogP contribution in [-0.4, -0.2) is 18.2 Å². The van der Waals surface area contributed by atoms with Gasteiger partial charge in [-0.3, -0.25) is 9.59 Å². The molecule has 0 aromatic heterocycles. The lowest BCUT2D eigenvalue weighted by Gasteiger charge is -2.19. The highest BCUT2D eigenvalue weighted by molar-refractivity contribution is 5.69. The molecule has 5 heteroatoms. The van der Waals surface area contributed by atoms with E-state index in [9.17, 15) is 14.0 Å². The average molecular weight is 294 g/mol. The predicted molar refractivity (Wildman–Crippen MR) is 76.6 cm³/mol. The van der Waals surface area contributed by atoms with Gasteiger partial charge in [0.15, 0.2) is 0 Å². The quantitative estimate of drug-likeness (QED) is 0.595. The van der Waals surface area contributed by atoms with Crippen molar-refractivity contribution in [2.45, 2.75) is 39.9 Å². The first-order chi connectivity index (χ1) is 9.92. The summed E-state index contributed by atoms with van der Waals surface area (Å²) in [5.74, 6) is -1.47. The van der Waals surface area contributed by atoms with Gasteiger partial charge in [-0.2, -0.15) is 0 Å². The van der Waals surface area contributed by atoms with Crippen LogP contribution in [0.25, 0.3) is 6.08 Å². The van der Waals surface area contributed by atoms with Crippen molar-refractivity contribution in [1.29, 1.82) is 0 Å². The number of hydrogen-bond donors (Lipinski definition) is 0. The number of ether oxygens (including phenoxy) is 2. The van der Waals surface area contributed by atoms with Crippen LogP contribution < -0.4 is 0 Å². The normalized spacial score (nSPS) is 11.4. The highest BCUT2D eigenvalue weighted by Gasteiger charge is 2.20. The number of esters is 2. The number of rotatable bonds is 6. The molecule has 1 aromatic rings. The monoisotopic (exact) mass is 294 g/mol. The molecule has 0 radical (unpaired) electrons. The van der Waals surface area contributed by atoms with E-state index in [-0.39, 0.29) is 5.82 Å². The average Bonchev–Trinajstić information content (AvgIpc) is 2.36. The molecule has 0 saturated carbocycles. The fourth-order valence-electron chi connectivity index (χ4n) is 1.83. The maximum absolute atomic E-state index is 13.2. The Labute approximate surface area is 123 Å². The second-order valence-electron chi connectivity index (χ2n) is 4.58. The van der Waals surface area contributed by atoms with Gasteiger partial charge in [0, 0.05) is 19.4 Å². The molecular weight excluding hydrogens is 275 g/mol. The Morgan fingerprint density at radius 3 is 2.33 bits per heavy atom. The zero-order chi connectivity index (χ0) is 15.8. The SMILES string of the molecule is CCCC(=Cc1cccc(F)c1)C(OC(C)=O)OC(C)=O. The molecule has 0 aliphatic carbocycles. The summed E-state index contributed by atoms with van der Waals surface area (Å²) in [6.45, 7) is 4.42. The number of benzene rings is 1. The van der Waals surface area contributed by atoms with Gasteiger partial charge in [-0.15, -0.1) is 0 Å². The van der Waals surface area contributed by atoms with Gasteiger partial charge in [0.1, 0.15) is 5.82 Å². The first-order valence-corrected chi connectivity index (χ1v) is 6.72. The second kappa shape index (κ2) is 8.19. The molecule has 114 valence electrons. The molecule has 0 fully saturated rings. The third-order valence-corrected chi connectivity index (χ3v) is 2.59. The van der Waals surface area contributed by atoms with Crippen LogP contribution in [0.15, 0.2) is 29.8 Å². The molecule has 0 heterocycles. The first kappa shape index (κ1) is 16.9. The van der Waals surface area contributed by atoms with Gasteiger partial charge in [-0.25, -0.2) is 4.39 Å². The fraction of sp³-hybridized carbons (Fsp3) is 0.375. The maximum Gasteiger partial charge on any atom is 0.305 e. The Balaban J connectivity index is 3.09. The molecule has 0 spiro atoms. The summed E-state index contributed by atoms with van der Waals surface area (Å²) in [6.07, 6.45) is 1.91. The van der Waals surface area contributed by atoms with Crippen LogP contribution in [0.5, 0.6) is 0 Å². The lowest BCUT2D eigenvalue weighted by Crippen LogP contribution is -2.24. The van der Waals surface area contributed by atoms with Gasteiger partial charge in [-0.05, 0) is 30.2 Å². The van der Waals surface area contributed by atoms with Crippen molar-refractivity contribution in [2.75, 3.05) is 0 Å². The van der Waals surface area contributed by atoms with E-state index >= 15 is 0 Å². The van der Waals surface area contributed by atoms with Crippen molar-refractivity contribution in [1.82, 2.24) is 0 Å². The number of carbonyl (C=O) groups excluding carboxylic acids is 2. The van der Waals surface area contributed by atoms with Gasteiger partial charge in [0.05, 0.1) is 0 Å². The number of hydrogen-bond acceptors (Lipinski definition) is 4. The van der Waals surface area contributed by atoms with E-state index in [0.29, 0.717) is 17.6 Å². The number of carbonyl (C=O) groups is 2. The van der Waals surface area contributed by atoms with E-state index in [4.69, 9.17) is 9.47 Å². The fourth-order valence-corrected chi connectivity index (χ4v) is 1.83. The minimum Gasteiger partial charge on any atom is -0.421 e. The second-order valence-corrected chi connectivity index (χ2v) is 4.58. The van der Waals surface area contributed by atoms with Gasteiger partial charge >= 0.3 is 11.9 Å². The summed E-state index contributed by atoms with van der Waals surface area (Å²) in [5.41, 5.74) is 1.22. The Hall–Kier alpha value is -2.17. The van der Waals surface area contributed by atoms with Crippen LogP contribution in [-0.2, 0) is 19.1 Å². The minimum absolute atomic E-state index is 0.365. The van der Waals surface area contributed by atoms with Gasteiger partial charge < -0.3 is 9.47 Å². The summed E-state index contributed by atoms with van der Waals surface area (Å²) < 4.78 is 23.3. The first-order valence-electron chi connectivity index (χ1n) is 6.72. The molecule has 21 heavy (non-hydrogen) atoms. The highest BCUT2D eigenvalue weighted by atomic mass is 19.1. The van der Waals surface area contributed by atoms with Crippen LogP contribution in [0.3, 0.4) is 0 Å². The Bertz CT molecular complexity index is 521. The standard InChI is InChI=1S/C16H19FO4/c1-4-6-14(9-13-7-5-8-15(17)10-13)16(20-11(2)18)21-12(3)19/h5,7-10,16H,4,6H2,1-3H3. The van der Waals surface area contributed by atoms with Crippen LogP contribution in [0.4, 0.5) is 4.39 Å². The Morgan fingerprint density at radius 1 is 1.24 bits per heavy atom. The lowest BCUT2D eigenvalue weighted by atomic mass is 10.1. The van der Waals surface area contributed by atoms with Crippen LogP contribution in [0.2, 0.25) is 0 Å². The summed E-state index contributed by atoms with van der Waals surface area (Å²) in [5, 5.41) is 0. The minimum atomic E-state index is -1.08. The van der Waals surface area contributed by atoms with E-state index in [1.807, 2.05) is 6.92 Å². The molecule has 0 saturated heterocycles. The van der Waals surface area contributed by atoms with E-state index < -0.39 is 18.2 Å². The maximum atomic E-state index is 13.2. The molecule has 1 rings (SSSR count). The zero-order valence-corrected chi connectivity index (χ0v) is 12.4. The summed E-state index contributed by atoms with van der Waals surface area (Å²) in [6, 6.07) is 6.00. The molecule has 0 amide bonds. The zero-order valence-electron chi connectivity index (χ0n) is 12.4. The third-order valence-electron chi connectivity index (χ3n) is 2.59. The molecule has 0 bridgehead atoms. The van der Waals surface area contributed by atoms with Gasteiger partial charge in [-0.1, -0.05) is 25.5 Å². The van der Waals surface area contributed by atoms with E-state index in [0.717, 1.165) is 6.42 Å². The van der Waals surface area contributed by atoms with Gasteiger partial charge in [0.25, 0.3) is 6.29 Å². The molecule has 0 atom stereocenters. The van der Waals surface area contributed by atoms with E-state index in [2.05, 4.69) is 0 Å². The van der Waals surface area contributed by atoms with Crippen molar-refractivity contribution in [2.24, 2.45) is 0 Å². The third kappa shape index (κ3) is 6.21. The van der Waals surface area contributed by atoms with Crippen molar-refractivity contribution in [3.63, 3.8) is 0 Å². The van der Waals surface area contributed by atoms with Crippen molar-refractivity contribution in [3.05, 3.63) is 41.2 Å². The van der Waals surface area contributed by atoms with Crippen LogP contribution in [0.1, 0.15) is 39.2 Å². The predicted octanol–water partition coefficient (Wildman–Crippen LogP) is 3.46. The molecular formula is C16H19FO4. The summed E-state index contributed by atoms with van der Waals surface area (Å²) in [4.78, 5) is 22.3. The molecule has 0 aliphatic rings. The van der Waals surface area contributed by atoms with Crippen LogP contribution >= 0.6 is 0 Å². The number of halogens is 1. The van der Waals surface area contributed by atoms with E-state index in [1.165, 1.54) is 26.0 Å². The molecule has 1 aromatic carbocycles. The van der Waals surface area contributed by atoms with Crippen molar-refractivity contribution < 1.29 is 23.5 Å². The summed E-state index contributed by atoms with van der Waals surface area (Å²) in [7, 11) is 0.